The molecule has 2 aliphatic rings. The van der Waals surface area contributed by atoms with Gasteiger partial charge in [0.1, 0.15) is 11.6 Å². The minimum Gasteiger partial charge on any atom is -0.383 e. The second-order valence-electron chi connectivity index (χ2n) is 7.22. The van der Waals surface area contributed by atoms with E-state index in [0.29, 0.717) is 36.7 Å². The summed E-state index contributed by atoms with van der Waals surface area (Å²) >= 11 is 0. The number of hydrogen-bond acceptors (Lipinski definition) is 6. The number of ether oxygens (including phenoxy) is 1. The van der Waals surface area contributed by atoms with E-state index < -0.39 is 0 Å². The first-order chi connectivity index (χ1) is 12.7. The highest BCUT2D eigenvalue weighted by Gasteiger charge is 2.31. The van der Waals surface area contributed by atoms with Crippen molar-refractivity contribution in [3.8, 4) is 0 Å². The Hall–Kier alpha value is -1.89. The lowest BCUT2D eigenvalue weighted by Crippen LogP contribution is -2.28. The lowest BCUT2D eigenvalue weighted by atomic mass is 10.1. The van der Waals surface area contributed by atoms with Gasteiger partial charge in [-0.05, 0) is 32.1 Å². The van der Waals surface area contributed by atoms with E-state index in [1.165, 1.54) is 12.8 Å². The highest BCUT2D eigenvalue weighted by Crippen LogP contribution is 2.31. The summed E-state index contributed by atoms with van der Waals surface area (Å²) in [6.07, 6.45) is 9.65. The van der Waals surface area contributed by atoms with Crippen LogP contribution >= 0.6 is 0 Å². The van der Waals surface area contributed by atoms with Crippen molar-refractivity contribution in [2.45, 2.75) is 70.8 Å². The van der Waals surface area contributed by atoms with Gasteiger partial charge in [0.2, 0.25) is 11.9 Å². The molecule has 144 valence electrons. The summed E-state index contributed by atoms with van der Waals surface area (Å²) in [6.45, 7) is 4.56. The van der Waals surface area contributed by atoms with Crippen molar-refractivity contribution < 1.29 is 9.53 Å². The van der Waals surface area contributed by atoms with Crippen LogP contribution in [-0.4, -0.2) is 41.7 Å². The second kappa shape index (κ2) is 9.16. The van der Waals surface area contributed by atoms with Crippen molar-refractivity contribution >= 4 is 23.5 Å². The van der Waals surface area contributed by atoms with Crippen LogP contribution in [0.2, 0.25) is 0 Å². The maximum Gasteiger partial charge on any atom is 0.232 e. The van der Waals surface area contributed by atoms with Crippen molar-refractivity contribution in [3.05, 3.63) is 5.56 Å². The number of nitrogens with one attached hydrogen (secondary N) is 1. The topological polar surface area (TPSA) is 93.4 Å². The predicted molar refractivity (Wildman–Crippen MR) is 103 cm³/mol. The molecule has 2 aliphatic heterocycles. The van der Waals surface area contributed by atoms with Gasteiger partial charge in [-0.1, -0.05) is 26.2 Å². The summed E-state index contributed by atoms with van der Waals surface area (Å²) in [4.78, 5) is 23.0. The molecule has 1 aromatic heterocycles. The maximum atomic E-state index is 12.4. The van der Waals surface area contributed by atoms with Gasteiger partial charge in [-0.3, -0.25) is 9.69 Å². The van der Waals surface area contributed by atoms with Crippen LogP contribution < -0.4 is 16.0 Å². The molecule has 1 amide bonds. The van der Waals surface area contributed by atoms with E-state index in [-0.39, 0.29) is 5.91 Å². The number of hydrogen-bond donors (Lipinski definition) is 2. The molecule has 0 saturated carbocycles. The molecule has 1 atom stereocenters. The number of carbonyl (C=O) groups is 1. The Balaban J connectivity index is 1.52. The maximum absolute atomic E-state index is 12.4. The largest absolute Gasteiger partial charge is 0.383 e. The van der Waals surface area contributed by atoms with E-state index in [2.05, 4.69) is 22.2 Å². The molecule has 1 aromatic rings. The fraction of sp³-hybridized carbons (Fsp3) is 0.737. The van der Waals surface area contributed by atoms with Gasteiger partial charge in [0.15, 0.2) is 0 Å². The van der Waals surface area contributed by atoms with Crippen LogP contribution in [0.4, 0.5) is 17.6 Å². The first kappa shape index (κ1) is 18.9. The fourth-order valence-corrected chi connectivity index (χ4v) is 3.62. The molecule has 1 fully saturated rings. The number of unbranched alkanes of at least 4 members (excludes halogenated alkanes) is 3. The molecule has 0 bridgehead atoms. The summed E-state index contributed by atoms with van der Waals surface area (Å²) in [7, 11) is 0. The third-order valence-electron chi connectivity index (χ3n) is 5.15. The number of nitrogens with zero attached hydrogens (tertiary/aromatic N) is 3. The van der Waals surface area contributed by atoms with Crippen LogP contribution in [0.1, 0.15) is 63.9 Å². The summed E-state index contributed by atoms with van der Waals surface area (Å²) in [5, 5.41) is 3.21. The van der Waals surface area contributed by atoms with Gasteiger partial charge in [-0.15, -0.1) is 0 Å². The molecule has 7 nitrogen and oxygen atoms in total. The minimum atomic E-state index is 0.0748. The molecule has 3 heterocycles. The number of rotatable bonds is 10. The third kappa shape index (κ3) is 4.63. The highest BCUT2D eigenvalue weighted by atomic mass is 16.5. The molecular weight excluding hydrogens is 330 g/mol. The Labute approximate surface area is 155 Å². The van der Waals surface area contributed by atoms with E-state index in [4.69, 9.17) is 10.5 Å². The van der Waals surface area contributed by atoms with Gasteiger partial charge in [0.05, 0.1) is 12.5 Å². The first-order valence-electron chi connectivity index (χ1n) is 10.0. The van der Waals surface area contributed by atoms with Crippen molar-refractivity contribution in [1.29, 1.82) is 0 Å². The van der Waals surface area contributed by atoms with Crippen LogP contribution in [0.5, 0.6) is 0 Å². The SMILES string of the molecule is CCCCNc1nc(N)c2c(n1)N(CCCCCC1CCCO1)C(=O)C2. The van der Waals surface area contributed by atoms with Gasteiger partial charge in [-0.25, -0.2) is 0 Å². The monoisotopic (exact) mass is 361 g/mol. The standard InChI is InChI=1S/C19H31N5O2/c1-2-3-10-21-19-22-17(20)15-13-16(25)24(18(15)23-19)11-6-4-5-8-14-9-7-12-26-14/h14H,2-13H2,1H3,(H3,20,21,22,23). The van der Waals surface area contributed by atoms with Crippen molar-refractivity contribution in [3.63, 3.8) is 0 Å². The van der Waals surface area contributed by atoms with Gasteiger partial charge in [0.25, 0.3) is 0 Å². The second-order valence-corrected chi connectivity index (χ2v) is 7.22. The molecule has 0 radical (unpaired) electrons. The van der Waals surface area contributed by atoms with Gasteiger partial charge < -0.3 is 15.8 Å². The van der Waals surface area contributed by atoms with Crippen LogP contribution in [0.3, 0.4) is 0 Å². The molecule has 26 heavy (non-hydrogen) atoms. The van der Waals surface area contributed by atoms with Gasteiger partial charge in [0, 0.05) is 25.3 Å². The van der Waals surface area contributed by atoms with Crippen LogP contribution in [0.25, 0.3) is 0 Å². The average molecular weight is 361 g/mol. The van der Waals surface area contributed by atoms with Gasteiger partial charge >= 0.3 is 0 Å². The van der Waals surface area contributed by atoms with Crippen molar-refractivity contribution in [1.82, 2.24) is 9.97 Å². The predicted octanol–water partition coefficient (Wildman–Crippen LogP) is 2.90. The number of fused-ring (bicyclic) bond motifs is 1. The number of amides is 1. The number of nitrogens with two attached hydrogens (primary N) is 1. The molecule has 3 N–H and O–H groups in total. The Morgan fingerprint density at radius 3 is 2.92 bits per heavy atom. The smallest absolute Gasteiger partial charge is 0.232 e. The zero-order valence-electron chi connectivity index (χ0n) is 15.8. The Bertz CT molecular complexity index is 616. The molecular formula is C19H31N5O2. The molecule has 0 aliphatic carbocycles. The fourth-order valence-electron chi connectivity index (χ4n) is 3.62. The first-order valence-corrected chi connectivity index (χ1v) is 10.0. The number of nitrogen functional groups attached to an aromatic ring is 1. The van der Waals surface area contributed by atoms with E-state index in [1.807, 2.05) is 0 Å². The van der Waals surface area contributed by atoms with Crippen LogP contribution in [-0.2, 0) is 16.0 Å². The molecule has 3 rings (SSSR count). The van der Waals surface area contributed by atoms with E-state index in [0.717, 1.165) is 57.2 Å². The lowest BCUT2D eigenvalue weighted by Gasteiger charge is -2.17. The van der Waals surface area contributed by atoms with Crippen molar-refractivity contribution in [2.75, 3.05) is 35.6 Å². The zero-order chi connectivity index (χ0) is 18.4. The minimum absolute atomic E-state index is 0.0748. The summed E-state index contributed by atoms with van der Waals surface area (Å²) in [5.74, 6) is 1.71. The molecule has 7 heteroatoms. The molecule has 1 saturated heterocycles. The number of aromatic nitrogens is 2. The lowest BCUT2D eigenvalue weighted by molar-refractivity contribution is -0.117. The normalized spacial score (nSPS) is 19.2. The average Bonchev–Trinajstić information content (AvgIpc) is 3.24. The number of carbonyl (C=O) groups excluding carboxylic acids is 1. The Morgan fingerprint density at radius 1 is 1.27 bits per heavy atom. The summed E-state index contributed by atoms with van der Waals surface area (Å²) in [6, 6.07) is 0. The number of anilines is 3. The Kier molecular flexibility index (Phi) is 6.66. The molecule has 0 aromatic carbocycles. The zero-order valence-corrected chi connectivity index (χ0v) is 15.8. The Morgan fingerprint density at radius 2 is 2.15 bits per heavy atom. The molecule has 0 spiro atoms. The summed E-state index contributed by atoms with van der Waals surface area (Å²) < 4.78 is 5.66. The van der Waals surface area contributed by atoms with E-state index in [1.54, 1.807) is 4.90 Å². The third-order valence-corrected chi connectivity index (χ3v) is 5.15. The van der Waals surface area contributed by atoms with Gasteiger partial charge in [-0.2, -0.15) is 9.97 Å². The quantitative estimate of drug-likeness (QED) is 0.623. The molecule has 1 unspecified atom stereocenters. The van der Waals surface area contributed by atoms with Crippen molar-refractivity contribution in [2.24, 2.45) is 0 Å². The van der Waals surface area contributed by atoms with Crippen LogP contribution in [0.15, 0.2) is 0 Å². The highest BCUT2D eigenvalue weighted by molar-refractivity contribution is 6.01. The van der Waals surface area contributed by atoms with E-state index in [9.17, 15) is 4.79 Å². The van der Waals surface area contributed by atoms with E-state index >= 15 is 0 Å². The van der Waals surface area contributed by atoms with Crippen LogP contribution in [0, 0.1) is 0 Å². The summed E-state index contributed by atoms with van der Waals surface area (Å²) in [5.41, 5.74) is 6.84.